The molecule has 0 bridgehead atoms. The first kappa shape index (κ1) is 6.41. The minimum atomic E-state index is -0.162. The Bertz CT molecular complexity index is 37.3. The van der Waals surface area contributed by atoms with Gasteiger partial charge in [-0.25, -0.2) is 0 Å². The lowest BCUT2D eigenvalue weighted by molar-refractivity contribution is 2.14. The Kier molecular flexibility index (Phi) is 2.05. The fourth-order valence-electron chi connectivity index (χ4n) is 0. The summed E-state index contributed by atoms with van der Waals surface area (Å²) < 4.78 is 0. The van der Waals surface area contributed by atoms with Crippen molar-refractivity contribution in [3.05, 3.63) is 0 Å². The molecule has 0 saturated heterocycles. The van der Waals surface area contributed by atoms with E-state index >= 15 is 0 Å². The smallest absolute Gasteiger partial charge is 0.168 e. The maximum absolute atomic E-state index is 2.33. The van der Waals surface area contributed by atoms with Gasteiger partial charge in [0.2, 0.25) is 0 Å². The van der Waals surface area contributed by atoms with Crippen LogP contribution in [0.1, 0.15) is 0 Å². The van der Waals surface area contributed by atoms with Gasteiger partial charge >= 0.3 is 0 Å². The molecule has 0 N–H and O–H groups in total. The maximum atomic E-state index is 2.33. The Morgan fingerprint density at radius 3 is 1.33 bits per heavy atom. The standard InChI is InChI=1S/C4H13BS/c1-5-6(2,3)4/h5H,1-4H3. The largest absolute Gasteiger partial charge is 0.282 e. The third kappa shape index (κ3) is 4.41. The molecule has 0 amide bonds. The van der Waals surface area contributed by atoms with Crippen LogP contribution < -0.4 is 0 Å². The van der Waals surface area contributed by atoms with Crippen LogP contribution in [0.15, 0.2) is 0 Å². The Morgan fingerprint density at radius 1 is 1.17 bits per heavy atom. The summed E-state index contributed by atoms with van der Waals surface area (Å²) in [7, 11) is -0.162. The summed E-state index contributed by atoms with van der Waals surface area (Å²) in [6, 6.07) is 0. The minimum Gasteiger partial charge on any atom is -0.282 e. The lowest BCUT2D eigenvalue weighted by Crippen LogP contribution is -1.96. The lowest BCUT2D eigenvalue weighted by Gasteiger charge is -2.20. The van der Waals surface area contributed by atoms with E-state index in [2.05, 4.69) is 25.6 Å². The third-order valence-corrected chi connectivity index (χ3v) is 2.60. The molecule has 0 atom stereocenters. The van der Waals surface area contributed by atoms with Crippen LogP contribution in [-0.2, 0) is 0 Å². The number of rotatable bonds is 1. The van der Waals surface area contributed by atoms with Gasteiger partial charge < -0.3 is 0 Å². The Balaban J connectivity index is 3.17. The molecule has 0 aliphatic rings. The highest BCUT2D eigenvalue weighted by Gasteiger charge is 1.97. The second kappa shape index (κ2) is 1.92. The second-order valence-corrected chi connectivity index (χ2v) is 7.14. The fourth-order valence-corrected chi connectivity index (χ4v) is 0. The van der Waals surface area contributed by atoms with Gasteiger partial charge in [0.25, 0.3) is 0 Å². The first-order valence-electron chi connectivity index (χ1n) is 2.22. The zero-order valence-electron chi connectivity index (χ0n) is 5.12. The molecule has 0 fully saturated rings. The van der Waals surface area contributed by atoms with Gasteiger partial charge in [-0.2, -0.15) is 0 Å². The van der Waals surface area contributed by atoms with E-state index < -0.39 is 0 Å². The molecule has 0 unspecified atom stereocenters. The summed E-state index contributed by atoms with van der Waals surface area (Å²) in [4.78, 5) is 0. The molecule has 0 aliphatic carbocycles. The monoisotopic (exact) mass is 104 g/mol. The van der Waals surface area contributed by atoms with Gasteiger partial charge in [0.15, 0.2) is 6.56 Å². The van der Waals surface area contributed by atoms with E-state index in [1.165, 1.54) is 6.56 Å². The number of hydrogen-bond acceptors (Lipinski definition) is 0. The van der Waals surface area contributed by atoms with Gasteiger partial charge in [-0.05, 0) is 18.8 Å². The average Bonchev–Trinajstić information content (AvgIpc) is 1.35. The quantitative estimate of drug-likeness (QED) is 0.436. The number of hydrogen-bond donors (Lipinski definition) is 0. The summed E-state index contributed by atoms with van der Waals surface area (Å²) >= 11 is 0. The van der Waals surface area contributed by atoms with Gasteiger partial charge in [0.1, 0.15) is 0 Å². The fraction of sp³-hybridized carbons (Fsp3) is 1.00. The van der Waals surface area contributed by atoms with E-state index in [0.717, 1.165) is 0 Å². The van der Waals surface area contributed by atoms with Crippen molar-refractivity contribution in [2.75, 3.05) is 18.8 Å². The molecule has 0 saturated carbocycles. The molecule has 38 valence electrons. The maximum Gasteiger partial charge on any atom is 0.168 e. The van der Waals surface area contributed by atoms with E-state index in [-0.39, 0.29) is 9.88 Å². The molecule has 0 radical (unpaired) electrons. The van der Waals surface area contributed by atoms with Crippen LogP contribution in [0.3, 0.4) is 0 Å². The first-order chi connectivity index (χ1) is 2.56. The molecule has 6 heavy (non-hydrogen) atoms. The normalized spacial score (nSPS) is 14.0. The third-order valence-electron chi connectivity index (χ3n) is 0.866. The van der Waals surface area contributed by atoms with Crippen molar-refractivity contribution in [3.8, 4) is 0 Å². The van der Waals surface area contributed by atoms with Gasteiger partial charge in [0.05, 0.1) is 0 Å². The Hall–Kier alpha value is 0.415. The van der Waals surface area contributed by atoms with Crippen molar-refractivity contribution in [1.29, 1.82) is 0 Å². The topological polar surface area (TPSA) is 0 Å². The van der Waals surface area contributed by atoms with Crippen LogP contribution in [0.25, 0.3) is 0 Å². The Labute approximate surface area is 42.8 Å². The van der Waals surface area contributed by atoms with Crippen molar-refractivity contribution in [2.24, 2.45) is 0 Å². The molecule has 0 nitrogen and oxygen atoms in total. The van der Waals surface area contributed by atoms with Crippen LogP contribution in [0.4, 0.5) is 0 Å². The molecule has 0 rings (SSSR count). The van der Waals surface area contributed by atoms with Crippen molar-refractivity contribution in [1.82, 2.24) is 0 Å². The van der Waals surface area contributed by atoms with Gasteiger partial charge in [-0.15, -0.1) is 0 Å². The van der Waals surface area contributed by atoms with Gasteiger partial charge in [0, 0.05) is 0 Å². The molecular weight excluding hydrogens is 90.9 g/mol. The summed E-state index contributed by atoms with van der Waals surface area (Å²) in [6.07, 6.45) is 6.98. The van der Waals surface area contributed by atoms with Crippen LogP contribution in [0.2, 0.25) is 6.82 Å². The van der Waals surface area contributed by atoms with Crippen molar-refractivity contribution in [2.45, 2.75) is 6.82 Å². The molecule has 0 aliphatic heterocycles. The van der Waals surface area contributed by atoms with Crippen molar-refractivity contribution < 1.29 is 0 Å². The van der Waals surface area contributed by atoms with Gasteiger partial charge in [-0.3, -0.25) is 9.88 Å². The van der Waals surface area contributed by atoms with E-state index in [0.29, 0.717) is 0 Å². The lowest BCUT2D eigenvalue weighted by atomic mass is 10.2. The van der Waals surface area contributed by atoms with Crippen LogP contribution in [0.5, 0.6) is 0 Å². The van der Waals surface area contributed by atoms with Crippen molar-refractivity contribution in [3.63, 3.8) is 0 Å². The molecule has 0 aromatic heterocycles. The molecular formula is C4H13BS. The molecule has 0 spiro atoms. The summed E-state index contributed by atoms with van der Waals surface area (Å²) in [6.45, 7) is 3.60. The van der Waals surface area contributed by atoms with E-state index in [1.807, 2.05) is 0 Å². The SMILES string of the molecule is CBS(C)(C)C. The summed E-state index contributed by atoms with van der Waals surface area (Å²) in [5.41, 5.74) is 0. The predicted octanol–water partition coefficient (Wildman–Crippen LogP) is 1.08. The highest BCUT2D eigenvalue weighted by atomic mass is 32.3. The highest BCUT2D eigenvalue weighted by Crippen LogP contribution is 2.30. The van der Waals surface area contributed by atoms with E-state index in [4.69, 9.17) is 0 Å². The first-order valence-corrected chi connectivity index (χ1v) is 5.25. The zero-order valence-corrected chi connectivity index (χ0v) is 5.93. The zero-order chi connectivity index (χ0) is 5.21. The Morgan fingerprint density at radius 2 is 1.33 bits per heavy atom. The van der Waals surface area contributed by atoms with Gasteiger partial charge in [-0.1, -0.05) is 6.82 Å². The minimum absolute atomic E-state index is 0.162. The van der Waals surface area contributed by atoms with E-state index in [9.17, 15) is 0 Å². The molecule has 0 heterocycles. The van der Waals surface area contributed by atoms with Crippen LogP contribution in [0, 0.1) is 0 Å². The van der Waals surface area contributed by atoms with E-state index in [1.54, 1.807) is 0 Å². The van der Waals surface area contributed by atoms with Crippen molar-refractivity contribution >= 4 is 16.4 Å². The molecule has 0 aromatic carbocycles. The molecule has 0 aromatic rings. The summed E-state index contributed by atoms with van der Waals surface area (Å²) in [5, 5.41) is 0. The predicted molar refractivity (Wildman–Crippen MR) is 38.4 cm³/mol. The second-order valence-electron chi connectivity index (χ2n) is 2.38. The van der Waals surface area contributed by atoms with Crippen LogP contribution >= 0.6 is 9.88 Å². The molecule has 2 heteroatoms. The summed E-state index contributed by atoms with van der Waals surface area (Å²) in [5.74, 6) is 0. The van der Waals surface area contributed by atoms with Crippen LogP contribution in [-0.4, -0.2) is 25.3 Å². The average molecular weight is 104 g/mol. The highest BCUT2D eigenvalue weighted by molar-refractivity contribution is 8.50.